The lowest BCUT2D eigenvalue weighted by molar-refractivity contribution is -0.197. The molecule has 1 aliphatic rings. The fourth-order valence-corrected chi connectivity index (χ4v) is 4.03. The fourth-order valence-electron chi connectivity index (χ4n) is 4.03. The Morgan fingerprint density at radius 1 is 0.618 bits per heavy atom. The molecule has 0 aromatic rings. The van der Waals surface area contributed by atoms with Gasteiger partial charge in [0.1, 0.15) is 5.60 Å². The molecule has 7 nitrogen and oxygen atoms in total. The van der Waals surface area contributed by atoms with Crippen LogP contribution in [0.3, 0.4) is 0 Å². The normalized spacial score (nSPS) is 14.0. The van der Waals surface area contributed by atoms with Crippen LogP contribution in [0.5, 0.6) is 0 Å². The molecule has 0 saturated carbocycles. The van der Waals surface area contributed by atoms with Crippen molar-refractivity contribution < 1.29 is 28.8 Å². The van der Waals surface area contributed by atoms with E-state index in [0.717, 1.165) is 32.1 Å². The van der Waals surface area contributed by atoms with E-state index in [0.29, 0.717) is 11.5 Å². The molecule has 0 atom stereocenters. The summed E-state index contributed by atoms with van der Waals surface area (Å²) in [5.41, 5.74) is -0.379. The topological polar surface area (TPSA) is 90.0 Å². The summed E-state index contributed by atoms with van der Waals surface area (Å²) in [7, 11) is 0. The molecule has 0 radical (unpaired) electrons. The molecule has 0 N–H and O–H groups in total. The summed E-state index contributed by atoms with van der Waals surface area (Å²) >= 11 is 0. The van der Waals surface area contributed by atoms with Gasteiger partial charge in [0.05, 0.1) is 0 Å². The second-order valence-corrected chi connectivity index (χ2v) is 10.4. The van der Waals surface area contributed by atoms with Crippen molar-refractivity contribution in [3.63, 3.8) is 0 Å². The minimum atomic E-state index is -0.496. The van der Waals surface area contributed by atoms with Crippen molar-refractivity contribution in [2.75, 3.05) is 0 Å². The molecule has 1 heterocycles. The first-order valence-electron chi connectivity index (χ1n) is 13.5. The zero-order chi connectivity index (χ0) is 25.2. The Kier molecular flexibility index (Phi) is 15.5. The Morgan fingerprint density at radius 3 is 1.29 bits per heavy atom. The third-order valence-corrected chi connectivity index (χ3v) is 5.88. The van der Waals surface area contributed by atoms with Gasteiger partial charge >= 0.3 is 11.9 Å². The van der Waals surface area contributed by atoms with Gasteiger partial charge in [0.2, 0.25) is 0 Å². The fraction of sp³-hybridized carbons (Fsp3) is 0.852. The molecule has 2 amide bonds. The highest BCUT2D eigenvalue weighted by molar-refractivity contribution is 6.01. The second kappa shape index (κ2) is 17.5. The second-order valence-electron chi connectivity index (χ2n) is 10.4. The van der Waals surface area contributed by atoms with Crippen molar-refractivity contribution in [1.29, 1.82) is 0 Å². The van der Waals surface area contributed by atoms with Crippen molar-refractivity contribution in [3.05, 3.63) is 0 Å². The maximum atomic E-state index is 11.7. The molecule has 34 heavy (non-hydrogen) atoms. The molecule has 0 aromatic heterocycles. The van der Waals surface area contributed by atoms with E-state index >= 15 is 0 Å². The molecular formula is C27H47NO6. The average molecular weight is 482 g/mol. The van der Waals surface area contributed by atoms with Gasteiger partial charge in [-0.3, -0.25) is 14.4 Å². The van der Waals surface area contributed by atoms with E-state index in [9.17, 15) is 19.2 Å². The summed E-state index contributed by atoms with van der Waals surface area (Å²) in [4.78, 5) is 51.0. The van der Waals surface area contributed by atoms with E-state index in [4.69, 9.17) is 9.57 Å². The van der Waals surface area contributed by atoms with Crippen LogP contribution in [0.15, 0.2) is 0 Å². The van der Waals surface area contributed by atoms with Crippen LogP contribution in [-0.2, 0) is 28.8 Å². The number of imide groups is 1. The van der Waals surface area contributed by atoms with E-state index in [1.54, 1.807) is 0 Å². The van der Waals surface area contributed by atoms with E-state index in [2.05, 4.69) is 0 Å². The quantitative estimate of drug-likeness (QED) is 0.118. The third kappa shape index (κ3) is 15.8. The summed E-state index contributed by atoms with van der Waals surface area (Å²) < 4.78 is 5.32. The van der Waals surface area contributed by atoms with Crippen LogP contribution in [0.2, 0.25) is 0 Å². The van der Waals surface area contributed by atoms with E-state index in [1.165, 1.54) is 64.2 Å². The number of carbonyl (C=O) groups excluding carboxylic acids is 4. The molecule has 0 aliphatic carbocycles. The van der Waals surface area contributed by atoms with Crippen LogP contribution in [0.25, 0.3) is 0 Å². The van der Waals surface area contributed by atoms with Crippen LogP contribution in [0, 0.1) is 0 Å². The van der Waals surface area contributed by atoms with Crippen molar-refractivity contribution in [3.8, 4) is 0 Å². The van der Waals surface area contributed by atoms with Crippen LogP contribution in [0.1, 0.15) is 143 Å². The van der Waals surface area contributed by atoms with Crippen LogP contribution < -0.4 is 0 Å². The third-order valence-electron chi connectivity index (χ3n) is 5.88. The summed E-state index contributed by atoms with van der Waals surface area (Å²) in [6, 6.07) is 0. The monoisotopic (exact) mass is 481 g/mol. The number of esters is 1. The summed E-state index contributed by atoms with van der Waals surface area (Å²) in [6.07, 6.45) is 18.5. The van der Waals surface area contributed by atoms with E-state index in [1.807, 2.05) is 20.8 Å². The van der Waals surface area contributed by atoms with Crippen LogP contribution >= 0.6 is 0 Å². The maximum Gasteiger partial charge on any atom is 0.333 e. The van der Waals surface area contributed by atoms with Gasteiger partial charge in [0.25, 0.3) is 11.8 Å². The minimum Gasteiger partial charge on any atom is -0.460 e. The zero-order valence-corrected chi connectivity index (χ0v) is 21.8. The van der Waals surface area contributed by atoms with Crippen molar-refractivity contribution in [2.24, 2.45) is 0 Å². The molecule has 0 aromatic carbocycles. The number of hydroxylamine groups is 2. The molecule has 196 valence electrons. The summed E-state index contributed by atoms with van der Waals surface area (Å²) in [5.74, 6) is -1.43. The number of amides is 2. The first-order valence-corrected chi connectivity index (χ1v) is 13.5. The predicted octanol–water partition coefficient (Wildman–Crippen LogP) is 6.57. The largest absolute Gasteiger partial charge is 0.460 e. The highest BCUT2D eigenvalue weighted by Crippen LogP contribution is 2.16. The Bertz CT molecular complexity index is 609. The predicted molar refractivity (Wildman–Crippen MR) is 132 cm³/mol. The Hall–Kier alpha value is -1.92. The van der Waals surface area contributed by atoms with Gasteiger partial charge in [-0.25, -0.2) is 4.79 Å². The Balaban J connectivity index is 1.78. The summed E-state index contributed by atoms with van der Waals surface area (Å²) in [5, 5.41) is 0.622. The summed E-state index contributed by atoms with van der Waals surface area (Å²) in [6.45, 7) is 5.72. The molecule has 0 unspecified atom stereocenters. The number of hydrogen-bond acceptors (Lipinski definition) is 6. The molecule has 7 heteroatoms. The molecule has 1 rings (SSSR count). The molecule has 1 aliphatic heterocycles. The van der Waals surface area contributed by atoms with E-state index in [-0.39, 0.29) is 30.8 Å². The molecule has 1 saturated heterocycles. The number of carbonyl (C=O) groups is 4. The first-order chi connectivity index (χ1) is 16.2. The number of hydrogen-bond donors (Lipinski definition) is 0. The number of ether oxygens (including phenoxy) is 1. The SMILES string of the molecule is CC(C)(C)OC(=O)CCCCCCCCCCCCCCCCCC(=O)ON1C(=O)CCC1=O. The number of unbranched alkanes of at least 4 members (excludes halogenated alkanes) is 14. The van der Waals surface area contributed by atoms with Gasteiger partial charge < -0.3 is 9.57 Å². The highest BCUT2D eigenvalue weighted by atomic mass is 16.7. The Labute approximate surface area is 206 Å². The molecular weight excluding hydrogens is 434 g/mol. The van der Waals surface area contributed by atoms with Gasteiger partial charge in [0.15, 0.2) is 0 Å². The van der Waals surface area contributed by atoms with Gasteiger partial charge in [0, 0.05) is 25.7 Å². The molecule has 0 bridgehead atoms. The van der Waals surface area contributed by atoms with Crippen LogP contribution in [-0.4, -0.2) is 34.4 Å². The molecule has 1 fully saturated rings. The van der Waals surface area contributed by atoms with Gasteiger partial charge in [-0.05, 0) is 33.6 Å². The number of rotatable bonds is 19. The minimum absolute atomic E-state index is 0.0809. The standard InChI is InChI=1S/C27H47NO6/c1-27(2,3)33-25(31)19-17-15-13-11-9-7-5-4-6-8-10-12-14-16-18-20-26(32)34-28-23(29)21-22-24(28)30/h4-22H2,1-3H3. The molecule has 0 spiro atoms. The van der Waals surface area contributed by atoms with Gasteiger partial charge in [-0.2, -0.15) is 0 Å². The van der Waals surface area contributed by atoms with Crippen molar-refractivity contribution in [2.45, 2.75) is 148 Å². The van der Waals surface area contributed by atoms with Crippen molar-refractivity contribution >= 4 is 23.8 Å². The van der Waals surface area contributed by atoms with Gasteiger partial charge in [-0.15, -0.1) is 5.06 Å². The highest BCUT2D eigenvalue weighted by Gasteiger charge is 2.32. The smallest absolute Gasteiger partial charge is 0.333 e. The van der Waals surface area contributed by atoms with Crippen LogP contribution in [0.4, 0.5) is 0 Å². The van der Waals surface area contributed by atoms with E-state index < -0.39 is 17.8 Å². The van der Waals surface area contributed by atoms with Crippen molar-refractivity contribution in [1.82, 2.24) is 5.06 Å². The maximum absolute atomic E-state index is 11.7. The zero-order valence-electron chi connectivity index (χ0n) is 21.8. The average Bonchev–Trinajstić information content (AvgIpc) is 3.06. The van der Waals surface area contributed by atoms with Gasteiger partial charge in [-0.1, -0.05) is 83.5 Å². The Morgan fingerprint density at radius 2 is 0.941 bits per heavy atom. The lowest BCUT2D eigenvalue weighted by Crippen LogP contribution is -2.31. The lowest BCUT2D eigenvalue weighted by Gasteiger charge is -2.19. The first kappa shape index (κ1) is 30.1. The lowest BCUT2D eigenvalue weighted by atomic mass is 10.0. The number of nitrogens with zero attached hydrogens (tertiary/aromatic N) is 1.